The first kappa shape index (κ1) is 18.8. The van der Waals surface area contributed by atoms with Crippen molar-refractivity contribution in [1.82, 2.24) is 5.32 Å². The van der Waals surface area contributed by atoms with Gasteiger partial charge < -0.3 is 14.8 Å². The van der Waals surface area contributed by atoms with Gasteiger partial charge in [0.15, 0.2) is 16.6 Å². The number of methoxy groups -OCH3 is 2. The van der Waals surface area contributed by atoms with Gasteiger partial charge in [-0.25, -0.2) is 0 Å². The Morgan fingerprint density at radius 3 is 2.40 bits per heavy atom. The monoisotopic (exact) mass is 376 g/mol. The predicted octanol–water partition coefficient (Wildman–Crippen LogP) is 3.88. The van der Waals surface area contributed by atoms with Crippen molar-refractivity contribution in [2.24, 2.45) is 0 Å². The van der Waals surface area contributed by atoms with E-state index >= 15 is 0 Å². The minimum Gasteiger partial charge on any atom is -0.493 e. The molecule has 0 aliphatic carbocycles. The van der Waals surface area contributed by atoms with Crippen LogP contribution >= 0.6 is 23.8 Å². The van der Waals surface area contributed by atoms with Crippen LogP contribution in [0.15, 0.2) is 48.5 Å². The van der Waals surface area contributed by atoms with Gasteiger partial charge in [0.05, 0.1) is 14.2 Å². The van der Waals surface area contributed by atoms with E-state index in [0.29, 0.717) is 22.2 Å². The van der Waals surface area contributed by atoms with Crippen molar-refractivity contribution in [2.75, 3.05) is 19.5 Å². The molecule has 0 unspecified atom stereocenters. The molecular weight excluding hydrogens is 360 g/mol. The Balaban J connectivity index is 1.93. The lowest BCUT2D eigenvalue weighted by Crippen LogP contribution is -2.32. The summed E-state index contributed by atoms with van der Waals surface area (Å²) in [4.78, 5) is 11.9. The number of hydrogen-bond acceptors (Lipinski definition) is 4. The second-order valence-corrected chi connectivity index (χ2v) is 5.74. The summed E-state index contributed by atoms with van der Waals surface area (Å²) in [7, 11) is 3.10. The third-order valence-corrected chi connectivity index (χ3v) is 3.63. The van der Waals surface area contributed by atoms with Crippen LogP contribution in [0.3, 0.4) is 0 Å². The molecule has 0 fully saturated rings. The Bertz CT molecular complexity index is 791. The van der Waals surface area contributed by atoms with Crippen LogP contribution in [-0.4, -0.2) is 25.2 Å². The molecule has 2 N–H and O–H groups in total. The topological polar surface area (TPSA) is 59.6 Å². The van der Waals surface area contributed by atoms with Gasteiger partial charge in [0.1, 0.15) is 0 Å². The molecule has 0 saturated heterocycles. The largest absolute Gasteiger partial charge is 0.493 e. The highest BCUT2D eigenvalue weighted by molar-refractivity contribution is 7.80. The third-order valence-electron chi connectivity index (χ3n) is 3.18. The first-order chi connectivity index (χ1) is 12.0. The maximum atomic E-state index is 11.9. The fourth-order valence-corrected chi connectivity index (χ4v) is 2.32. The van der Waals surface area contributed by atoms with Gasteiger partial charge in [-0.1, -0.05) is 23.7 Å². The average Bonchev–Trinajstić information content (AvgIpc) is 2.61. The number of benzene rings is 2. The van der Waals surface area contributed by atoms with Crippen LogP contribution in [0.2, 0.25) is 5.02 Å². The highest BCUT2D eigenvalue weighted by atomic mass is 35.5. The van der Waals surface area contributed by atoms with Crippen molar-refractivity contribution in [2.45, 2.75) is 0 Å². The maximum Gasteiger partial charge on any atom is 0.250 e. The summed E-state index contributed by atoms with van der Waals surface area (Å²) in [5.41, 5.74) is 1.53. The number of anilines is 1. The number of ether oxygens (including phenoxy) is 2. The summed E-state index contributed by atoms with van der Waals surface area (Å²) < 4.78 is 10.4. The third kappa shape index (κ3) is 5.77. The zero-order chi connectivity index (χ0) is 18.2. The number of thiocarbonyl (C=S) groups is 1. The second-order valence-electron chi connectivity index (χ2n) is 4.90. The molecule has 2 aromatic carbocycles. The highest BCUT2D eigenvalue weighted by Gasteiger charge is 2.06. The lowest BCUT2D eigenvalue weighted by molar-refractivity contribution is -0.115. The van der Waals surface area contributed by atoms with Gasteiger partial charge >= 0.3 is 0 Å². The second kappa shape index (κ2) is 9.05. The summed E-state index contributed by atoms with van der Waals surface area (Å²) in [5.74, 6) is 0.825. The van der Waals surface area contributed by atoms with Crippen LogP contribution in [0.1, 0.15) is 5.56 Å². The van der Waals surface area contributed by atoms with Crippen molar-refractivity contribution in [3.63, 3.8) is 0 Å². The molecule has 0 radical (unpaired) electrons. The van der Waals surface area contributed by atoms with E-state index in [4.69, 9.17) is 33.3 Å². The molecule has 0 aliphatic rings. The first-order valence-corrected chi connectivity index (χ1v) is 8.08. The standard InChI is InChI=1S/C18H17ClN2O3S/c1-23-15-9-8-14(11-16(15)24-2)20-18(25)21-17(22)10-5-12-3-6-13(19)7-4-12/h3-11H,1-2H3,(H2,20,21,22,25)/b10-5+. The molecule has 0 saturated carbocycles. The van der Waals surface area contributed by atoms with Crippen molar-refractivity contribution in [3.05, 3.63) is 59.1 Å². The maximum absolute atomic E-state index is 11.9. The SMILES string of the molecule is COc1ccc(NC(=S)NC(=O)/C=C/c2ccc(Cl)cc2)cc1OC. The number of carbonyl (C=O) groups excluding carboxylic acids is 1. The molecule has 0 bridgehead atoms. The van der Waals surface area contributed by atoms with Gasteiger partial charge in [0.25, 0.3) is 0 Å². The lowest BCUT2D eigenvalue weighted by atomic mass is 10.2. The van der Waals surface area contributed by atoms with E-state index in [-0.39, 0.29) is 11.0 Å². The van der Waals surface area contributed by atoms with Gasteiger partial charge in [-0.2, -0.15) is 0 Å². The van der Waals surface area contributed by atoms with Crippen molar-refractivity contribution >= 4 is 46.6 Å². The zero-order valence-electron chi connectivity index (χ0n) is 13.7. The predicted molar refractivity (Wildman–Crippen MR) is 104 cm³/mol. The van der Waals surface area contributed by atoms with E-state index in [9.17, 15) is 4.79 Å². The number of halogens is 1. The van der Waals surface area contributed by atoms with Crippen molar-refractivity contribution in [1.29, 1.82) is 0 Å². The van der Waals surface area contributed by atoms with Crippen molar-refractivity contribution in [3.8, 4) is 11.5 Å². The fourth-order valence-electron chi connectivity index (χ4n) is 1.98. The van der Waals surface area contributed by atoms with E-state index in [2.05, 4.69) is 10.6 Å². The summed E-state index contributed by atoms with van der Waals surface area (Å²) in [6.45, 7) is 0. The van der Waals surface area contributed by atoms with Crippen LogP contribution < -0.4 is 20.1 Å². The van der Waals surface area contributed by atoms with Crippen LogP contribution in [0.5, 0.6) is 11.5 Å². The molecule has 5 nitrogen and oxygen atoms in total. The van der Waals surface area contributed by atoms with Gasteiger partial charge in [0.2, 0.25) is 5.91 Å². The van der Waals surface area contributed by atoms with Gasteiger partial charge in [0, 0.05) is 22.9 Å². The van der Waals surface area contributed by atoms with E-state index < -0.39 is 0 Å². The molecule has 2 rings (SSSR count). The summed E-state index contributed by atoms with van der Waals surface area (Å²) in [6, 6.07) is 12.4. The fraction of sp³-hybridized carbons (Fsp3) is 0.111. The number of carbonyl (C=O) groups is 1. The molecule has 25 heavy (non-hydrogen) atoms. The highest BCUT2D eigenvalue weighted by Crippen LogP contribution is 2.29. The van der Waals surface area contributed by atoms with Gasteiger partial charge in [-0.05, 0) is 48.1 Å². The van der Waals surface area contributed by atoms with E-state index in [0.717, 1.165) is 5.56 Å². The van der Waals surface area contributed by atoms with Crippen LogP contribution in [-0.2, 0) is 4.79 Å². The number of nitrogens with one attached hydrogen (secondary N) is 2. The minimum atomic E-state index is -0.340. The van der Waals surface area contributed by atoms with Gasteiger partial charge in [-0.3, -0.25) is 10.1 Å². The molecule has 7 heteroatoms. The molecule has 0 aromatic heterocycles. The molecule has 2 aromatic rings. The Morgan fingerprint density at radius 2 is 1.76 bits per heavy atom. The normalized spacial score (nSPS) is 10.4. The molecular formula is C18H17ClN2O3S. The molecule has 0 heterocycles. The molecule has 0 aliphatic heterocycles. The molecule has 0 atom stereocenters. The lowest BCUT2D eigenvalue weighted by Gasteiger charge is -2.12. The smallest absolute Gasteiger partial charge is 0.250 e. The van der Waals surface area contributed by atoms with E-state index in [1.54, 1.807) is 50.6 Å². The van der Waals surface area contributed by atoms with Crippen molar-refractivity contribution < 1.29 is 14.3 Å². The molecule has 0 spiro atoms. The average molecular weight is 377 g/mol. The van der Waals surface area contributed by atoms with Crippen LogP contribution in [0, 0.1) is 0 Å². The zero-order valence-corrected chi connectivity index (χ0v) is 15.3. The van der Waals surface area contributed by atoms with E-state index in [1.807, 2.05) is 12.1 Å². The first-order valence-electron chi connectivity index (χ1n) is 7.29. The summed E-state index contributed by atoms with van der Waals surface area (Å²) in [6.07, 6.45) is 3.07. The minimum absolute atomic E-state index is 0.179. The Hall–Kier alpha value is -2.57. The Morgan fingerprint density at radius 1 is 1.08 bits per heavy atom. The van der Waals surface area contributed by atoms with Crippen LogP contribution in [0.4, 0.5) is 5.69 Å². The number of amides is 1. The number of rotatable bonds is 5. The Labute approximate surface area is 156 Å². The number of hydrogen-bond donors (Lipinski definition) is 2. The van der Waals surface area contributed by atoms with Crippen LogP contribution in [0.25, 0.3) is 6.08 Å². The summed E-state index contributed by atoms with van der Waals surface area (Å²) in [5, 5.41) is 6.31. The van der Waals surface area contributed by atoms with E-state index in [1.165, 1.54) is 6.08 Å². The quantitative estimate of drug-likeness (QED) is 0.612. The summed E-state index contributed by atoms with van der Waals surface area (Å²) >= 11 is 10.9. The molecule has 130 valence electrons. The molecule has 1 amide bonds. The van der Waals surface area contributed by atoms with Gasteiger partial charge in [-0.15, -0.1) is 0 Å². The Kier molecular flexibility index (Phi) is 6.80.